The molecular weight excluding hydrogens is 150 g/mol. The maximum absolute atomic E-state index is 9.12. The van der Waals surface area contributed by atoms with Crippen molar-refractivity contribution in [3.8, 4) is 0 Å². The topological polar surface area (TPSA) is 98.5 Å². The van der Waals surface area contributed by atoms with Crippen LogP contribution in [0.4, 0.5) is 0 Å². The van der Waals surface area contributed by atoms with Gasteiger partial charge in [0.2, 0.25) is 0 Å². The van der Waals surface area contributed by atoms with Gasteiger partial charge in [-0.05, 0) is 12.5 Å². The number of aliphatic hydroxyl groups excluding tert-OH is 2. The number of rotatable bonds is 1. The molecule has 0 aromatic rings. The summed E-state index contributed by atoms with van der Waals surface area (Å²) in [5.41, 5.74) is 8.06. The average Bonchev–Trinajstić information content (AvgIpc) is 2.17. The number of nitrogens with zero attached hydrogens (tertiary/aromatic N) is 3. The Bertz CT molecular complexity index is 191. The smallest absolute Gasteiger partial charge is 0.181 e. The first-order valence-corrected chi connectivity index (χ1v) is 3.22. The van der Waals surface area contributed by atoms with Crippen molar-refractivity contribution in [1.82, 2.24) is 0 Å². The quantitative estimate of drug-likeness (QED) is 0.314. The fourth-order valence-electron chi connectivity index (χ4n) is 1.05. The van der Waals surface area contributed by atoms with Gasteiger partial charge in [-0.25, -0.2) is 0 Å². The molecule has 1 fully saturated rings. The van der Waals surface area contributed by atoms with Gasteiger partial charge in [0.1, 0.15) is 6.10 Å². The Hall–Kier alpha value is -0.810. The van der Waals surface area contributed by atoms with E-state index in [-0.39, 0.29) is 0 Å². The number of aliphatic hydroxyl groups is 2. The van der Waals surface area contributed by atoms with E-state index in [4.69, 9.17) is 20.5 Å². The molecule has 11 heavy (non-hydrogen) atoms. The van der Waals surface area contributed by atoms with E-state index in [0.717, 1.165) is 0 Å². The molecule has 1 aliphatic heterocycles. The van der Waals surface area contributed by atoms with Crippen LogP contribution in [-0.4, -0.2) is 34.8 Å². The second-order valence-corrected chi connectivity index (χ2v) is 2.42. The summed E-state index contributed by atoms with van der Waals surface area (Å²) >= 11 is 0. The van der Waals surface area contributed by atoms with E-state index < -0.39 is 24.5 Å². The molecule has 1 aliphatic rings. The maximum atomic E-state index is 9.12. The average molecular weight is 159 g/mol. The lowest BCUT2D eigenvalue weighted by atomic mass is 10.1. The molecule has 0 saturated carbocycles. The van der Waals surface area contributed by atoms with Crippen molar-refractivity contribution in [3.63, 3.8) is 0 Å². The Morgan fingerprint density at radius 2 is 2.18 bits per heavy atom. The van der Waals surface area contributed by atoms with Gasteiger partial charge in [0.05, 0.1) is 12.1 Å². The minimum absolute atomic E-state index is 0.434. The molecule has 6 nitrogen and oxygen atoms in total. The SMILES string of the molecule is C[C@H]1O[C@@H](O)[C@H](O)[C@H]1N=[N+]=[N-]. The first kappa shape index (κ1) is 8.29. The predicted molar refractivity (Wildman–Crippen MR) is 35.5 cm³/mol. The number of hydrogen-bond donors (Lipinski definition) is 2. The van der Waals surface area contributed by atoms with Crippen LogP contribution in [0.2, 0.25) is 0 Å². The van der Waals surface area contributed by atoms with Crippen molar-refractivity contribution in [1.29, 1.82) is 0 Å². The van der Waals surface area contributed by atoms with Gasteiger partial charge in [-0.3, -0.25) is 0 Å². The van der Waals surface area contributed by atoms with Crippen molar-refractivity contribution in [2.24, 2.45) is 5.11 Å². The molecule has 62 valence electrons. The third kappa shape index (κ3) is 1.44. The van der Waals surface area contributed by atoms with E-state index in [9.17, 15) is 0 Å². The van der Waals surface area contributed by atoms with Gasteiger partial charge >= 0.3 is 0 Å². The van der Waals surface area contributed by atoms with Gasteiger partial charge < -0.3 is 14.9 Å². The summed E-state index contributed by atoms with van der Waals surface area (Å²) in [6, 6.07) is -0.685. The molecule has 1 rings (SSSR count). The molecule has 1 heterocycles. The van der Waals surface area contributed by atoms with E-state index in [1.807, 2.05) is 0 Å². The molecule has 0 bridgehead atoms. The molecule has 6 heteroatoms. The molecular formula is C5H9N3O3. The Morgan fingerprint density at radius 3 is 2.55 bits per heavy atom. The predicted octanol–water partition coefficient (Wildman–Crippen LogP) is -0.237. The van der Waals surface area contributed by atoms with Crippen LogP contribution in [0.25, 0.3) is 10.4 Å². The minimum atomic E-state index is -1.24. The summed E-state index contributed by atoms with van der Waals surface area (Å²) in [5.74, 6) is 0. The standard InChI is InChI=1S/C5H9N3O3/c1-2-3(7-8-6)4(9)5(10)11-2/h2-5,9-10H,1H3/t2-,3+,4-,5-/m1/s1. The van der Waals surface area contributed by atoms with Crippen LogP contribution in [0.15, 0.2) is 5.11 Å². The molecule has 0 aliphatic carbocycles. The highest BCUT2D eigenvalue weighted by Gasteiger charge is 2.39. The van der Waals surface area contributed by atoms with Crippen LogP contribution < -0.4 is 0 Å². The fourth-order valence-corrected chi connectivity index (χ4v) is 1.05. The van der Waals surface area contributed by atoms with Gasteiger partial charge in [0.25, 0.3) is 0 Å². The Labute approximate surface area is 63.0 Å². The third-order valence-electron chi connectivity index (χ3n) is 1.66. The largest absolute Gasteiger partial charge is 0.387 e. The zero-order valence-corrected chi connectivity index (χ0v) is 5.95. The molecule has 2 N–H and O–H groups in total. The Kier molecular flexibility index (Phi) is 2.31. The summed E-state index contributed by atoms with van der Waals surface area (Å²) in [6.07, 6.45) is -2.78. The molecule has 4 atom stereocenters. The lowest BCUT2D eigenvalue weighted by Gasteiger charge is -2.08. The van der Waals surface area contributed by atoms with Crippen LogP contribution >= 0.6 is 0 Å². The molecule has 0 radical (unpaired) electrons. The number of azide groups is 1. The summed E-state index contributed by atoms with van der Waals surface area (Å²) in [5, 5.41) is 21.3. The van der Waals surface area contributed by atoms with Crippen molar-refractivity contribution in [3.05, 3.63) is 10.4 Å². The lowest BCUT2D eigenvalue weighted by Crippen LogP contribution is -2.29. The van der Waals surface area contributed by atoms with E-state index in [1.54, 1.807) is 6.92 Å². The zero-order chi connectivity index (χ0) is 8.43. The Morgan fingerprint density at radius 1 is 1.55 bits per heavy atom. The Balaban J connectivity index is 2.70. The van der Waals surface area contributed by atoms with Gasteiger partial charge in [0, 0.05) is 4.91 Å². The van der Waals surface area contributed by atoms with E-state index in [1.165, 1.54) is 0 Å². The summed E-state index contributed by atoms with van der Waals surface area (Å²) in [4.78, 5) is 2.53. The number of ether oxygens (including phenoxy) is 1. The maximum Gasteiger partial charge on any atom is 0.181 e. The highest BCUT2D eigenvalue weighted by Crippen LogP contribution is 2.21. The first-order chi connectivity index (χ1) is 5.16. The third-order valence-corrected chi connectivity index (χ3v) is 1.66. The molecule has 0 unspecified atom stereocenters. The molecule has 1 saturated heterocycles. The van der Waals surface area contributed by atoms with Gasteiger partial charge in [-0.1, -0.05) is 5.11 Å². The highest BCUT2D eigenvalue weighted by atomic mass is 16.6. The van der Waals surface area contributed by atoms with Crippen molar-refractivity contribution in [2.45, 2.75) is 31.5 Å². The molecule has 0 aromatic heterocycles. The van der Waals surface area contributed by atoms with Crippen LogP contribution in [-0.2, 0) is 4.74 Å². The molecule has 0 aromatic carbocycles. The first-order valence-electron chi connectivity index (χ1n) is 3.22. The fraction of sp³-hybridized carbons (Fsp3) is 1.00. The number of hydrogen-bond acceptors (Lipinski definition) is 4. The zero-order valence-electron chi connectivity index (χ0n) is 5.95. The lowest BCUT2D eigenvalue weighted by molar-refractivity contribution is -0.123. The van der Waals surface area contributed by atoms with Crippen molar-refractivity contribution in [2.75, 3.05) is 0 Å². The monoisotopic (exact) mass is 159 g/mol. The summed E-state index contributed by atoms with van der Waals surface area (Å²) < 4.78 is 4.78. The summed E-state index contributed by atoms with van der Waals surface area (Å²) in [6.45, 7) is 1.62. The second-order valence-electron chi connectivity index (χ2n) is 2.42. The summed E-state index contributed by atoms with van der Waals surface area (Å²) in [7, 11) is 0. The van der Waals surface area contributed by atoms with E-state index >= 15 is 0 Å². The molecule has 0 spiro atoms. The van der Waals surface area contributed by atoms with Crippen LogP contribution in [0, 0.1) is 0 Å². The van der Waals surface area contributed by atoms with Gasteiger partial charge in [0.15, 0.2) is 6.29 Å². The van der Waals surface area contributed by atoms with E-state index in [0.29, 0.717) is 0 Å². The normalized spacial score (nSPS) is 43.5. The van der Waals surface area contributed by atoms with Crippen LogP contribution in [0.1, 0.15) is 6.92 Å². The minimum Gasteiger partial charge on any atom is -0.387 e. The van der Waals surface area contributed by atoms with Crippen molar-refractivity contribution < 1.29 is 14.9 Å². The van der Waals surface area contributed by atoms with Crippen molar-refractivity contribution >= 4 is 0 Å². The van der Waals surface area contributed by atoms with E-state index in [2.05, 4.69) is 10.0 Å². The second kappa shape index (κ2) is 3.06. The van der Waals surface area contributed by atoms with Gasteiger partial charge in [-0.2, -0.15) is 0 Å². The van der Waals surface area contributed by atoms with Crippen LogP contribution in [0.5, 0.6) is 0 Å². The van der Waals surface area contributed by atoms with Gasteiger partial charge in [-0.15, -0.1) is 0 Å². The molecule has 0 amide bonds. The van der Waals surface area contributed by atoms with Crippen LogP contribution in [0.3, 0.4) is 0 Å². The highest BCUT2D eigenvalue weighted by molar-refractivity contribution is 4.89.